The van der Waals surface area contributed by atoms with Gasteiger partial charge in [0.25, 0.3) is 0 Å². The maximum atomic E-state index is 11.8. The minimum absolute atomic E-state index is 0.0397. The van der Waals surface area contributed by atoms with Crippen molar-refractivity contribution >= 4 is 17.3 Å². The molecule has 31 heavy (non-hydrogen) atoms. The summed E-state index contributed by atoms with van der Waals surface area (Å²) in [5.74, 6) is 0.888. The van der Waals surface area contributed by atoms with Crippen LogP contribution in [0.25, 0.3) is 0 Å². The zero-order valence-electron chi connectivity index (χ0n) is 19.0. The molecule has 6 nitrogen and oxygen atoms in total. The first-order valence-corrected chi connectivity index (χ1v) is 12.7. The highest BCUT2D eigenvalue weighted by molar-refractivity contribution is 7.09. The van der Waals surface area contributed by atoms with Crippen molar-refractivity contribution < 1.29 is 19.7 Å². The quantitative estimate of drug-likeness (QED) is 0.593. The zero-order valence-corrected chi connectivity index (χ0v) is 19.9. The van der Waals surface area contributed by atoms with Crippen molar-refractivity contribution in [3.63, 3.8) is 0 Å². The van der Waals surface area contributed by atoms with Crippen LogP contribution in [-0.4, -0.2) is 40.4 Å². The summed E-state index contributed by atoms with van der Waals surface area (Å²) in [7, 11) is 0. The van der Waals surface area contributed by atoms with Gasteiger partial charge in [-0.1, -0.05) is 13.8 Å². The van der Waals surface area contributed by atoms with Gasteiger partial charge in [-0.15, -0.1) is 11.3 Å². The highest BCUT2D eigenvalue weighted by Gasteiger charge is 2.64. The van der Waals surface area contributed by atoms with Gasteiger partial charge in [-0.05, 0) is 74.7 Å². The average Bonchev–Trinajstić information content (AvgIpc) is 3.36. The van der Waals surface area contributed by atoms with Crippen LogP contribution in [0.3, 0.4) is 0 Å². The summed E-state index contributed by atoms with van der Waals surface area (Å²) < 4.78 is 5.45. The van der Waals surface area contributed by atoms with Gasteiger partial charge in [-0.25, -0.2) is 4.98 Å². The Labute approximate surface area is 189 Å². The summed E-state index contributed by atoms with van der Waals surface area (Å²) in [6, 6.07) is 0. The molecular weight excluding hydrogens is 412 g/mol. The first kappa shape index (κ1) is 23.1. The molecule has 0 spiro atoms. The van der Waals surface area contributed by atoms with E-state index in [1.807, 2.05) is 5.38 Å². The predicted molar refractivity (Wildman–Crippen MR) is 120 cm³/mol. The van der Waals surface area contributed by atoms with Crippen molar-refractivity contribution in [1.29, 1.82) is 0 Å². The van der Waals surface area contributed by atoms with E-state index in [0.29, 0.717) is 37.3 Å². The Balaban J connectivity index is 1.63. The van der Waals surface area contributed by atoms with E-state index in [4.69, 9.17) is 10.5 Å². The number of nitrogens with two attached hydrogens (primary N) is 1. The summed E-state index contributed by atoms with van der Waals surface area (Å²) in [5.41, 5.74) is 5.29. The number of hydrogen-bond donors (Lipinski definition) is 3. The fourth-order valence-electron chi connectivity index (χ4n) is 7.59. The number of carbonyl (C=O) groups is 1. The summed E-state index contributed by atoms with van der Waals surface area (Å²) >= 11 is 1.55. The van der Waals surface area contributed by atoms with Gasteiger partial charge in [-0.2, -0.15) is 0 Å². The van der Waals surface area contributed by atoms with E-state index in [-0.39, 0.29) is 28.8 Å². The molecule has 3 saturated carbocycles. The van der Waals surface area contributed by atoms with Crippen molar-refractivity contribution in [3.05, 3.63) is 16.6 Å². The van der Waals surface area contributed by atoms with Crippen LogP contribution in [-0.2, 0) is 15.1 Å². The maximum Gasteiger partial charge on any atom is 0.302 e. The second-order valence-electron chi connectivity index (χ2n) is 10.7. The van der Waals surface area contributed by atoms with Gasteiger partial charge >= 0.3 is 5.97 Å². The third kappa shape index (κ3) is 3.65. The van der Waals surface area contributed by atoms with E-state index in [1.165, 1.54) is 6.92 Å². The van der Waals surface area contributed by atoms with E-state index in [9.17, 15) is 15.0 Å². The zero-order chi connectivity index (χ0) is 22.4. The van der Waals surface area contributed by atoms with Crippen LogP contribution in [0.4, 0.5) is 0 Å². The molecule has 0 radical (unpaired) electrons. The van der Waals surface area contributed by atoms with Crippen LogP contribution in [0.2, 0.25) is 0 Å². The van der Waals surface area contributed by atoms with Gasteiger partial charge in [-0.3, -0.25) is 4.79 Å². The highest BCUT2D eigenvalue weighted by atomic mass is 32.1. The SMILES string of the molecule is CC(=O)OC[C@H]1C[C@@H](O)CC[C@]1(C)[C@H]1CC[C@@]2(C)[C@@H](CC[C@@]2(O)c2nccs2)[C@@H]1CN. The minimum atomic E-state index is -0.884. The molecule has 0 aliphatic heterocycles. The Morgan fingerprint density at radius 1 is 1.26 bits per heavy atom. The molecule has 8 atom stereocenters. The highest BCUT2D eigenvalue weighted by Crippen LogP contribution is 2.67. The van der Waals surface area contributed by atoms with Gasteiger partial charge in [0.1, 0.15) is 10.6 Å². The van der Waals surface area contributed by atoms with Crippen LogP contribution in [0.15, 0.2) is 11.6 Å². The normalized spacial score (nSPS) is 45.3. The largest absolute Gasteiger partial charge is 0.466 e. The monoisotopic (exact) mass is 450 g/mol. The van der Waals surface area contributed by atoms with Gasteiger partial charge < -0.3 is 20.7 Å². The van der Waals surface area contributed by atoms with Crippen molar-refractivity contribution in [2.24, 2.45) is 40.2 Å². The third-order valence-corrected chi connectivity index (χ3v) is 10.4. The lowest BCUT2D eigenvalue weighted by Gasteiger charge is -2.58. The number of aliphatic hydroxyl groups is 2. The van der Waals surface area contributed by atoms with Crippen LogP contribution >= 0.6 is 11.3 Å². The number of carbonyl (C=O) groups excluding carboxylic acids is 1. The van der Waals surface area contributed by atoms with Gasteiger partial charge in [0, 0.05) is 29.8 Å². The molecule has 0 unspecified atom stereocenters. The number of esters is 1. The van der Waals surface area contributed by atoms with Crippen LogP contribution in [0.1, 0.15) is 70.7 Å². The average molecular weight is 451 g/mol. The standard InChI is InChI=1S/C24H38N2O4S/c1-15(27)30-14-16-12-17(28)4-7-22(16,2)19-5-8-23(3)20(18(19)13-25)6-9-24(23,29)21-26-10-11-31-21/h10-11,16-20,28-29H,4-9,12-14,25H2,1-3H3/t16-,17+,18-,19+,20+,22+,23+,24-/m1/s1. The molecule has 1 aromatic rings. The number of hydrogen-bond acceptors (Lipinski definition) is 7. The van der Waals surface area contributed by atoms with Crippen LogP contribution in [0.5, 0.6) is 0 Å². The summed E-state index contributed by atoms with van der Waals surface area (Å²) in [4.78, 5) is 16.0. The lowest BCUT2D eigenvalue weighted by Crippen LogP contribution is -2.55. The molecular formula is C24H38N2O4S. The predicted octanol–water partition coefficient (Wildman–Crippen LogP) is 3.46. The van der Waals surface area contributed by atoms with Gasteiger partial charge in [0.15, 0.2) is 0 Å². The number of fused-ring (bicyclic) bond motifs is 1. The smallest absolute Gasteiger partial charge is 0.302 e. The van der Waals surface area contributed by atoms with Crippen LogP contribution in [0, 0.1) is 34.5 Å². The minimum Gasteiger partial charge on any atom is -0.466 e. The van der Waals surface area contributed by atoms with Crippen molar-refractivity contribution in [2.45, 2.75) is 77.4 Å². The lowest BCUT2D eigenvalue weighted by atomic mass is 9.48. The Hall–Kier alpha value is -1.02. The number of nitrogens with zero attached hydrogens (tertiary/aromatic N) is 1. The van der Waals surface area contributed by atoms with E-state index in [0.717, 1.165) is 43.5 Å². The molecule has 174 valence electrons. The number of ether oxygens (including phenoxy) is 1. The summed E-state index contributed by atoms with van der Waals surface area (Å²) in [6.07, 6.45) is 7.44. The maximum absolute atomic E-state index is 11.8. The molecule has 0 aromatic carbocycles. The number of thiazole rings is 1. The molecule has 7 heteroatoms. The Bertz CT molecular complexity index is 789. The molecule has 0 saturated heterocycles. The van der Waals surface area contributed by atoms with Crippen molar-refractivity contribution in [1.82, 2.24) is 4.98 Å². The molecule has 1 aromatic heterocycles. The lowest BCUT2D eigenvalue weighted by molar-refractivity contribution is -0.157. The topological polar surface area (TPSA) is 106 Å². The molecule has 4 N–H and O–H groups in total. The second kappa shape index (κ2) is 8.40. The molecule has 0 amide bonds. The van der Waals surface area contributed by atoms with Gasteiger partial charge in [0.05, 0.1) is 12.7 Å². The first-order valence-electron chi connectivity index (χ1n) is 11.8. The Kier molecular flexibility index (Phi) is 6.27. The number of aliphatic hydroxyl groups excluding tert-OH is 1. The Morgan fingerprint density at radius 2 is 2.00 bits per heavy atom. The van der Waals surface area contributed by atoms with Crippen LogP contribution < -0.4 is 5.73 Å². The van der Waals surface area contributed by atoms with Crippen molar-refractivity contribution in [3.8, 4) is 0 Å². The first-order chi connectivity index (χ1) is 14.7. The van der Waals surface area contributed by atoms with E-state index < -0.39 is 5.60 Å². The third-order valence-electron chi connectivity index (χ3n) is 9.49. The van der Waals surface area contributed by atoms with Gasteiger partial charge in [0.2, 0.25) is 0 Å². The Morgan fingerprint density at radius 3 is 2.65 bits per heavy atom. The number of aromatic nitrogens is 1. The molecule has 1 heterocycles. The van der Waals surface area contributed by atoms with E-state index >= 15 is 0 Å². The number of rotatable bonds is 5. The second-order valence-corrected chi connectivity index (χ2v) is 11.6. The van der Waals surface area contributed by atoms with Crippen molar-refractivity contribution in [2.75, 3.05) is 13.2 Å². The summed E-state index contributed by atoms with van der Waals surface area (Å²) in [6.45, 7) is 6.97. The fraction of sp³-hybridized carbons (Fsp3) is 0.833. The summed E-state index contributed by atoms with van der Waals surface area (Å²) in [5, 5.41) is 25.0. The molecule has 3 aliphatic carbocycles. The van der Waals surface area contributed by atoms with E-state index in [1.54, 1.807) is 17.5 Å². The van der Waals surface area contributed by atoms with E-state index in [2.05, 4.69) is 18.8 Å². The fourth-order valence-corrected chi connectivity index (χ4v) is 8.49. The molecule has 4 rings (SSSR count). The molecule has 3 fully saturated rings. The molecule has 0 bridgehead atoms. The molecule has 3 aliphatic rings.